The van der Waals surface area contributed by atoms with Gasteiger partial charge in [0.15, 0.2) is 0 Å². The highest BCUT2D eigenvalue weighted by Gasteiger charge is 2.42. The number of aliphatic hydroxyl groups is 1. The zero-order valence-electron chi connectivity index (χ0n) is 7.66. The van der Waals surface area contributed by atoms with Gasteiger partial charge in [-0.15, -0.1) is 6.58 Å². The van der Waals surface area contributed by atoms with Crippen molar-refractivity contribution in [2.24, 2.45) is 0 Å². The first-order valence-corrected chi connectivity index (χ1v) is 4.43. The molecule has 1 aliphatic heterocycles. The molecule has 0 fully saturated rings. The smallest absolute Gasteiger partial charge is 0.217 e. The summed E-state index contributed by atoms with van der Waals surface area (Å²) in [6.45, 7) is 3.51. The Balaban J connectivity index is 2.43. The average Bonchev–Trinajstić information content (AvgIpc) is 2.41. The molecule has 1 aliphatic rings. The Hall–Kier alpha value is -1.61. The van der Waals surface area contributed by atoms with Gasteiger partial charge in [-0.3, -0.25) is 4.79 Å². The molecule has 0 saturated heterocycles. The number of benzene rings is 1. The van der Waals surface area contributed by atoms with Crippen LogP contribution in [0.3, 0.4) is 0 Å². The van der Waals surface area contributed by atoms with Crippen LogP contribution in [0.4, 0.5) is 5.69 Å². The molecular formula is C11H11NO2. The lowest BCUT2D eigenvalue weighted by molar-refractivity contribution is 0.0496. The molecule has 0 spiro atoms. The summed E-state index contributed by atoms with van der Waals surface area (Å²) in [5.74, 6) is -0.284. The van der Waals surface area contributed by atoms with E-state index in [2.05, 4.69) is 11.9 Å². The minimum atomic E-state index is -1.49. The van der Waals surface area contributed by atoms with Crippen molar-refractivity contribution in [2.45, 2.75) is 12.1 Å². The molecule has 3 nitrogen and oxygen atoms in total. The third-order valence-corrected chi connectivity index (χ3v) is 2.33. The largest absolute Gasteiger partial charge is 0.364 e. The van der Waals surface area contributed by atoms with Gasteiger partial charge in [0.25, 0.3) is 0 Å². The molecule has 0 saturated carbocycles. The number of nitrogens with one attached hydrogen (secondary N) is 1. The molecular weight excluding hydrogens is 178 g/mol. The van der Waals surface area contributed by atoms with E-state index in [-0.39, 0.29) is 12.2 Å². The Kier molecular flexibility index (Phi) is 1.89. The molecule has 1 heterocycles. The topological polar surface area (TPSA) is 49.3 Å². The predicted octanol–water partition coefficient (Wildman–Crippen LogP) is 1.56. The van der Waals surface area contributed by atoms with Crippen molar-refractivity contribution < 1.29 is 9.90 Å². The first kappa shape index (κ1) is 8.97. The number of hydrogen-bond donors (Lipinski definition) is 2. The third kappa shape index (κ3) is 1.14. The Labute approximate surface area is 82.1 Å². The Bertz CT molecular complexity index is 400. The van der Waals surface area contributed by atoms with Gasteiger partial charge < -0.3 is 10.4 Å². The number of Topliss-reactive ketones (excluding diaryl/α,β-unsaturated/α-hetero) is 1. The second kappa shape index (κ2) is 2.96. The average molecular weight is 189 g/mol. The van der Waals surface area contributed by atoms with Crippen LogP contribution in [-0.4, -0.2) is 16.6 Å². The van der Waals surface area contributed by atoms with E-state index in [1.165, 1.54) is 6.08 Å². The van der Waals surface area contributed by atoms with Crippen molar-refractivity contribution in [2.75, 3.05) is 5.32 Å². The van der Waals surface area contributed by atoms with Crippen LogP contribution in [0, 0.1) is 0 Å². The lowest BCUT2D eigenvalue weighted by Crippen LogP contribution is -2.40. The summed E-state index contributed by atoms with van der Waals surface area (Å²) >= 11 is 0. The van der Waals surface area contributed by atoms with Crippen LogP contribution in [0.2, 0.25) is 0 Å². The van der Waals surface area contributed by atoms with Gasteiger partial charge in [-0.2, -0.15) is 0 Å². The van der Waals surface area contributed by atoms with Gasteiger partial charge in [0.05, 0.1) is 0 Å². The number of fused-ring (bicyclic) bond motifs is 1. The highest BCUT2D eigenvalue weighted by molar-refractivity contribution is 6.12. The second-order valence-corrected chi connectivity index (χ2v) is 3.35. The van der Waals surface area contributed by atoms with E-state index >= 15 is 0 Å². The summed E-state index contributed by atoms with van der Waals surface area (Å²) in [6.07, 6.45) is 1.73. The van der Waals surface area contributed by atoms with Gasteiger partial charge in [0, 0.05) is 17.7 Å². The zero-order chi connectivity index (χ0) is 10.2. The second-order valence-electron chi connectivity index (χ2n) is 3.35. The lowest BCUT2D eigenvalue weighted by atomic mass is 10.0. The quantitative estimate of drug-likeness (QED) is 0.694. The van der Waals surface area contributed by atoms with Crippen LogP contribution >= 0.6 is 0 Å². The number of hydrogen-bond acceptors (Lipinski definition) is 3. The van der Waals surface area contributed by atoms with Crippen LogP contribution < -0.4 is 5.32 Å². The maximum atomic E-state index is 11.7. The first-order chi connectivity index (χ1) is 6.67. The van der Waals surface area contributed by atoms with E-state index in [1.807, 2.05) is 6.07 Å². The molecule has 72 valence electrons. The molecule has 0 amide bonds. The standard InChI is InChI=1S/C11H11NO2/c1-2-7-11(14)10(13)8-5-3-4-6-9(8)12-11/h2-6,12,14H,1,7H2. The zero-order valence-corrected chi connectivity index (χ0v) is 7.66. The van der Waals surface area contributed by atoms with E-state index < -0.39 is 5.72 Å². The van der Waals surface area contributed by atoms with Crippen LogP contribution in [0.1, 0.15) is 16.8 Å². The summed E-state index contributed by atoms with van der Waals surface area (Å²) < 4.78 is 0. The van der Waals surface area contributed by atoms with Gasteiger partial charge in [-0.05, 0) is 12.1 Å². The highest BCUT2D eigenvalue weighted by Crippen LogP contribution is 2.32. The Morgan fingerprint density at radius 1 is 1.50 bits per heavy atom. The Morgan fingerprint density at radius 3 is 2.86 bits per heavy atom. The monoisotopic (exact) mass is 189 g/mol. The number of para-hydroxylation sites is 1. The van der Waals surface area contributed by atoms with Gasteiger partial charge >= 0.3 is 0 Å². The highest BCUT2D eigenvalue weighted by atomic mass is 16.3. The minimum Gasteiger partial charge on any atom is -0.364 e. The SMILES string of the molecule is C=CCC1(O)Nc2ccccc2C1=O. The van der Waals surface area contributed by atoms with Crippen LogP contribution in [0.5, 0.6) is 0 Å². The summed E-state index contributed by atoms with van der Waals surface area (Å²) in [5, 5.41) is 12.7. The van der Waals surface area contributed by atoms with Gasteiger partial charge in [-0.1, -0.05) is 18.2 Å². The summed E-state index contributed by atoms with van der Waals surface area (Å²) in [6, 6.07) is 7.07. The summed E-state index contributed by atoms with van der Waals surface area (Å²) in [7, 11) is 0. The fourth-order valence-corrected chi connectivity index (χ4v) is 1.65. The van der Waals surface area contributed by atoms with Gasteiger partial charge in [0.2, 0.25) is 11.5 Å². The number of carbonyl (C=O) groups is 1. The number of rotatable bonds is 2. The van der Waals surface area contributed by atoms with Crippen LogP contribution in [0.15, 0.2) is 36.9 Å². The first-order valence-electron chi connectivity index (χ1n) is 4.43. The molecule has 2 rings (SSSR count). The maximum Gasteiger partial charge on any atom is 0.217 e. The van der Waals surface area contributed by atoms with Crippen molar-refractivity contribution in [3.8, 4) is 0 Å². The van der Waals surface area contributed by atoms with Gasteiger partial charge in [0.1, 0.15) is 0 Å². The number of ketones is 1. The fraction of sp³-hybridized carbons (Fsp3) is 0.182. The molecule has 14 heavy (non-hydrogen) atoms. The van der Waals surface area contributed by atoms with E-state index in [0.717, 1.165) is 0 Å². The number of anilines is 1. The predicted molar refractivity (Wildman–Crippen MR) is 54.2 cm³/mol. The van der Waals surface area contributed by atoms with E-state index in [9.17, 15) is 9.90 Å². The molecule has 2 N–H and O–H groups in total. The van der Waals surface area contributed by atoms with E-state index in [4.69, 9.17) is 0 Å². The molecule has 1 aromatic rings. The summed E-state index contributed by atoms with van der Waals surface area (Å²) in [5.41, 5.74) is -0.274. The molecule has 1 unspecified atom stereocenters. The molecule has 0 aliphatic carbocycles. The molecule has 0 bridgehead atoms. The fourth-order valence-electron chi connectivity index (χ4n) is 1.65. The molecule has 0 radical (unpaired) electrons. The molecule has 3 heteroatoms. The maximum absolute atomic E-state index is 11.7. The molecule has 1 atom stereocenters. The van der Waals surface area contributed by atoms with Crippen LogP contribution in [-0.2, 0) is 0 Å². The Morgan fingerprint density at radius 2 is 2.21 bits per heavy atom. The van der Waals surface area contributed by atoms with E-state index in [1.54, 1.807) is 18.2 Å². The minimum absolute atomic E-state index is 0.209. The van der Waals surface area contributed by atoms with Crippen molar-refractivity contribution in [1.82, 2.24) is 0 Å². The van der Waals surface area contributed by atoms with E-state index in [0.29, 0.717) is 11.3 Å². The molecule has 0 aromatic heterocycles. The lowest BCUT2D eigenvalue weighted by Gasteiger charge is -2.19. The normalized spacial score (nSPS) is 24.2. The van der Waals surface area contributed by atoms with Crippen molar-refractivity contribution in [3.63, 3.8) is 0 Å². The summed E-state index contributed by atoms with van der Waals surface area (Å²) in [4.78, 5) is 11.7. The van der Waals surface area contributed by atoms with Crippen molar-refractivity contribution >= 4 is 11.5 Å². The third-order valence-electron chi connectivity index (χ3n) is 2.33. The van der Waals surface area contributed by atoms with Gasteiger partial charge in [-0.25, -0.2) is 0 Å². The van der Waals surface area contributed by atoms with Crippen molar-refractivity contribution in [3.05, 3.63) is 42.5 Å². The van der Waals surface area contributed by atoms with Crippen LogP contribution in [0.25, 0.3) is 0 Å². The molecule has 1 aromatic carbocycles. The van der Waals surface area contributed by atoms with Crippen molar-refractivity contribution in [1.29, 1.82) is 0 Å². The number of carbonyl (C=O) groups excluding carboxylic acids is 1.